The molecule has 0 bridgehead atoms. The second kappa shape index (κ2) is 4.80. The van der Waals surface area contributed by atoms with Gasteiger partial charge in [0.25, 0.3) is 0 Å². The number of nitrogens with one attached hydrogen (secondary N) is 1. The van der Waals surface area contributed by atoms with Crippen molar-refractivity contribution < 1.29 is 0 Å². The molecule has 0 saturated heterocycles. The van der Waals surface area contributed by atoms with Gasteiger partial charge in [-0.1, -0.05) is 32.5 Å². The smallest absolute Gasteiger partial charge is 0.161 e. The zero-order chi connectivity index (χ0) is 11.6. The fourth-order valence-electron chi connectivity index (χ4n) is 1.73. The molecule has 0 spiro atoms. The van der Waals surface area contributed by atoms with E-state index in [-0.39, 0.29) is 0 Å². The van der Waals surface area contributed by atoms with Gasteiger partial charge in [0.15, 0.2) is 5.17 Å². The highest BCUT2D eigenvalue weighted by atomic mass is 32.2. The van der Waals surface area contributed by atoms with Gasteiger partial charge in [-0.25, -0.2) is 0 Å². The predicted molar refractivity (Wildman–Crippen MR) is 75.7 cm³/mol. The molecule has 1 aliphatic rings. The molecule has 0 fully saturated rings. The van der Waals surface area contributed by atoms with Crippen LogP contribution >= 0.6 is 23.1 Å². The molecule has 2 heterocycles. The van der Waals surface area contributed by atoms with Gasteiger partial charge in [0, 0.05) is 10.6 Å². The monoisotopic (exact) mass is 254 g/mol. The summed E-state index contributed by atoms with van der Waals surface area (Å²) in [5.41, 5.74) is 1.55. The number of amidine groups is 1. The summed E-state index contributed by atoms with van der Waals surface area (Å²) in [6, 6.07) is 2.09. The van der Waals surface area contributed by atoms with E-state index in [2.05, 4.69) is 47.9 Å². The molecule has 2 rings (SSSR count). The van der Waals surface area contributed by atoms with E-state index in [1.165, 1.54) is 6.42 Å². The fraction of sp³-hybridized carbons (Fsp3) is 0.583. The zero-order valence-electron chi connectivity index (χ0n) is 9.99. The van der Waals surface area contributed by atoms with Gasteiger partial charge in [-0.3, -0.25) is 4.99 Å². The van der Waals surface area contributed by atoms with Gasteiger partial charge < -0.3 is 5.32 Å². The Labute approximate surface area is 106 Å². The van der Waals surface area contributed by atoms with Crippen molar-refractivity contribution in [2.75, 3.05) is 11.9 Å². The average Bonchev–Trinajstić information content (AvgIpc) is 2.75. The van der Waals surface area contributed by atoms with Gasteiger partial charge in [0.05, 0.1) is 12.2 Å². The van der Waals surface area contributed by atoms with E-state index in [0.717, 1.165) is 17.4 Å². The number of thiophene rings is 1. The first kappa shape index (κ1) is 12.0. The number of rotatable bonds is 2. The van der Waals surface area contributed by atoms with Gasteiger partial charge in [0.2, 0.25) is 0 Å². The lowest BCUT2D eigenvalue weighted by Gasteiger charge is -2.21. The molecule has 1 atom stereocenters. The normalized spacial score (nSPS) is 20.9. The average molecular weight is 254 g/mol. The van der Waals surface area contributed by atoms with Crippen molar-refractivity contribution in [2.45, 2.75) is 32.4 Å². The van der Waals surface area contributed by atoms with Crippen molar-refractivity contribution in [3.63, 3.8) is 0 Å². The van der Waals surface area contributed by atoms with Crippen LogP contribution in [0.2, 0.25) is 0 Å². The maximum absolute atomic E-state index is 4.55. The second-order valence-corrected chi connectivity index (χ2v) is 7.36. The van der Waals surface area contributed by atoms with Gasteiger partial charge in [-0.15, -0.1) is 0 Å². The van der Waals surface area contributed by atoms with Crippen molar-refractivity contribution >= 4 is 34.0 Å². The summed E-state index contributed by atoms with van der Waals surface area (Å²) < 4.78 is 0. The molecule has 1 aromatic heterocycles. The topological polar surface area (TPSA) is 24.4 Å². The molecule has 1 aliphatic heterocycles. The van der Waals surface area contributed by atoms with Crippen LogP contribution in [0.1, 0.15) is 27.2 Å². The van der Waals surface area contributed by atoms with Crippen LogP contribution in [-0.2, 0) is 0 Å². The Hall–Kier alpha value is -0.480. The Kier molecular flexibility index (Phi) is 3.60. The van der Waals surface area contributed by atoms with E-state index in [1.807, 2.05) is 11.8 Å². The second-order valence-electron chi connectivity index (χ2n) is 5.29. The molecular formula is C12H18N2S2. The van der Waals surface area contributed by atoms with E-state index in [4.69, 9.17) is 0 Å². The Bertz CT molecular complexity index is 363. The fourth-order valence-corrected chi connectivity index (χ4v) is 3.70. The first-order valence-corrected chi connectivity index (χ1v) is 7.35. The van der Waals surface area contributed by atoms with E-state index < -0.39 is 0 Å². The SMILES string of the molecule is CC(C)(C)CC1CN=C(Nc2ccsc2)S1. The number of hydrogen-bond acceptors (Lipinski definition) is 4. The molecule has 0 aromatic carbocycles. The third kappa shape index (κ3) is 3.52. The van der Waals surface area contributed by atoms with Crippen LogP contribution < -0.4 is 5.32 Å². The highest BCUT2D eigenvalue weighted by Gasteiger charge is 2.24. The molecule has 4 heteroatoms. The molecule has 1 aromatic rings. The van der Waals surface area contributed by atoms with Crippen LogP contribution in [0.3, 0.4) is 0 Å². The van der Waals surface area contributed by atoms with Crippen LogP contribution in [-0.4, -0.2) is 17.0 Å². The number of hydrogen-bond donors (Lipinski definition) is 1. The Morgan fingerprint density at radius 1 is 1.50 bits per heavy atom. The quantitative estimate of drug-likeness (QED) is 0.860. The van der Waals surface area contributed by atoms with Gasteiger partial charge in [-0.05, 0) is 23.3 Å². The van der Waals surface area contributed by atoms with E-state index in [9.17, 15) is 0 Å². The molecule has 1 N–H and O–H groups in total. The van der Waals surface area contributed by atoms with Crippen LogP contribution in [0.25, 0.3) is 0 Å². The molecule has 0 aliphatic carbocycles. The molecule has 2 nitrogen and oxygen atoms in total. The van der Waals surface area contributed by atoms with Crippen molar-refractivity contribution in [3.8, 4) is 0 Å². The maximum atomic E-state index is 4.55. The van der Waals surface area contributed by atoms with Gasteiger partial charge in [-0.2, -0.15) is 11.3 Å². The summed E-state index contributed by atoms with van der Waals surface area (Å²) in [7, 11) is 0. The largest absolute Gasteiger partial charge is 0.334 e. The van der Waals surface area contributed by atoms with E-state index in [0.29, 0.717) is 10.7 Å². The molecule has 1 unspecified atom stereocenters. The van der Waals surface area contributed by atoms with Crippen molar-refractivity contribution in [2.24, 2.45) is 10.4 Å². The van der Waals surface area contributed by atoms with Crippen molar-refractivity contribution in [1.82, 2.24) is 0 Å². The van der Waals surface area contributed by atoms with E-state index in [1.54, 1.807) is 11.3 Å². The lowest BCUT2D eigenvalue weighted by molar-refractivity contribution is 0.375. The van der Waals surface area contributed by atoms with Gasteiger partial charge in [0.1, 0.15) is 0 Å². The standard InChI is InChI=1S/C12H18N2S2/c1-12(2,3)6-10-7-13-11(16-10)14-9-4-5-15-8-9/h4-5,8,10H,6-7H2,1-3H3,(H,13,14). The van der Waals surface area contributed by atoms with Crippen LogP contribution in [0.5, 0.6) is 0 Å². The number of anilines is 1. The summed E-state index contributed by atoms with van der Waals surface area (Å²) in [4.78, 5) is 4.55. The first-order chi connectivity index (χ1) is 7.53. The number of thioether (sulfide) groups is 1. The minimum Gasteiger partial charge on any atom is -0.334 e. The summed E-state index contributed by atoms with van der Waals surface area (Å²) in [5.74, 6) is 0. The molecule has 0 amide bonds. The summed E-state index contributed by atoms with van der Waals surface area (Å²) in [6.07, 6.45) is 1.22. The lowest BCUT2D eigenvalue weighted by atomic mass is 9.90. The summed E-state index contributed by atoms with van der Waals surface area (Å²) in [5, 5.41) is 9.27. The maximum Gasteiger partial charge on any atom is 0.161 e. The Morgan fingerprint density at radius 3 is 2.94 bits per heavy atom. The zero-order valence-corrected chi connectivity index (χ0v) is 11.6. The minimum atomic E-state index is 0.394. The molecule has 0 radical (unpaired) electrons. The van der Waals surface area contributed by atoms with E-state index >= 15 is 0 Å². The number of aliphatic imine (C=N–C) groups is 1. The van der Waals surface area contributed by atoms with Gasteiger partial charge >= 0.3 is 0 Å². The highest BCUT2D eigenvalue weighted by molar-refractivity contribution is 8.15. The molecule has 0 saturated carbocycles. The Morgan fingerprint density at radius 2 is 2.31 bits per heavy atom. The van der Waals surface area contributed by atoms with Crippen molar-refractivity contribution in [3.05, 3.63) is 16.8 Å². The third-order valence-corrected chi connectivity index (χ3v) is 4.12. The highest BCUT2D eigenvalue weighted by Crippen LogP contribution is 2.32. The summed E-state index contributed by atoms with van der Waals surface area (Å²) >= 11 is 3.59. The number of nitrogens with zero attached hydrogens (tertiary/aromatic N) is 1. The third-order valence-electron chi connectivity index (χ3n) is 2.33. The summed E-state index contributed by atoms with van der Waals surface area (Å²) in [6.45, 7) is 7.82. The lowest BCUT2D eigenvalue weighted by Crippen LogP contribution is -2.16. The molecular weight excluding hydrogens is 236 g/mol. The van der Waals surface area contributed by atoms with Crippen molar-refractivity contribution in [1.29, 1.82) is 0 Å². The van der Waals surface area contributed by atoms with Crippen LogP contribution in [0.15, 0.2) is 21.8 Å². The Balaban J connectivity index is 1.83. The first-order valence-electron chi connectivity index (χ1n) is 5.53. The predicted octanol–water partition coefficient (Wildman–Crippen LogP) is 4.07. The van der Waals surface area contributed by atoms with Crippen LogP contribution in [0, 0.1) is 5.41 Å². The molecule has 88 valence electrons. The van der Waals surface area contributed by atoms with Crippen LogP contribution in [0.4, 0.5) is 5.69 Å². The minimum absolute atomic E-state index is 0.394. The molecule has 16 heavy (non-hydrogen) atoms.